The molecule has 0 saturated carbocycles. The third-order valence-corrected chi connectivity index (χ3v) is 6.89. The number of hydrogen-bond acceptors (Lipinski definition) is 4. The van der Waals surface area contributed by atoms with Gasteiger partial charge in [-0.05, 0) is 99.1 Å². The lowest BCUT2D eigenvalue weighted by molar-refractivity contribution is 0.102. The number of phenols is 1. The predicted octanol–water partition coefficient (Wildman–Crippen LogP) is 7.22. The summed E-state index contributed by atoms with van der Waals surface area (Å²) in [7, 11) is 1.44. The largest absolute Gasteiger partial charge is 0.506 e. The number of amides is 1. The van der Waals surface area contributed by atoms with Crippen LogP contribution >= 0.6 is 68.4 Å². The van der Waals surface area contributed by atoms with E-state index in [4.69, 9.17) is 33.3 Å². The lowest BCUT2D eigenvalue weighted by Crippen LogP contribution is -2.17. The molecule has 1 atom stereocenters. The second-order valence-electron chi connectivity index (χ2n) is 6.98. The molecule has 1 unspecified atom stereocenters. The number of aromatic hydroxyl groups is 1. The molecule has 0 saturated heterocycles. The number of hydrogen-bond donors (Lipinski definition) is 3. The van der Waals surface area contributed by atoms with Gasteiger partial charge in [0, 0.05) is 19.3 Å². The molecular weight excluding hydrogens is 677 g/mol. The number of halogens is 4. The van der Waals surface area contributed by atoms with Crippen molar-refractivity contribution < 1.29 is 14.6 Å². The Labute approximate surface area is 223 Å². The van der Waals surface area contributed by atoms with Gasteiger partial charge in [-0.3, -0.25) is 10.2 Å². The smallest absolute Gasteiger partial charge is 0.259 e. The van der Waals surface area contributed by atoms with Crippen molar-refractivity contribution in [2.75, 3.05) is 12.4 Å². The second kappa shape index (κ2) is 10.6. The minimum Gasteiger partial charge on any atom is -0.506 e. The van der Waals surface area contributed by atoms with E-state index in [9.17, 15) is 9.90 Å². The molecule has 5 nitrogen and oxygen atoms in total. The number of carbonyl (C=O) groups excluding carboxylic acids is 1. The minimum absolute atomic E-state index is 0.0313. The fraction of sp³-hybridized carbons (Fsp3) is 0.130. The van der Waals surface area contributed by atoms with Crippen LogP contribution in [0.2, 0.25) is 10.0 Å². The van der Waals surface area contributed by atoms with Crippen LogP contribution in [0, 0.1) is 19.5 Å². The molecule has 0 heterocycles. The number of rotatable bonds is 5. The maximum Gasteiger partial charge on any atom is 0.259 e. The van der Waals surface area contributed by atoms with Crippen LogP contribution in [0.25, 0.3) is 0 Å². The van der Waals surface area contributed by atoms with Crippen molar-refractivity contribution in [2.24, 2.45) is 0 Å². The van der Waals surface area contributed by atoms with E-state index in [1.807, 2.05) is 47.7 Å². The monoisotopic (exact) mass is 694 g/mol. The molecule has 3 rings (SSSR count). The summed E-state index contributed by atoms with van der Waals surface area (Å²) in [5.74, 6) is -1.01. The van der Waals surface area contributed by atoms with E-state index >= 15 is 0 Å². The summed E-state index contributed by atoms with van der Waals surface area (Å²) < 4.78 is 6.66. The number of phenolic OH excluding ortho intramolecular Hbond substituents is 1. The highest BCUT2D eigenvalue weighted by atomic mass is 127. The van der Waals surface area contributed by atoms with Gasteiger partial charge in [-0.2, -0.15) is 0 Å². The molecule has 0 bridgehead atoms. The third-order valence-electron chi connectivity index (χ3n) is 4.86. The Hall–Kier alpha value is -1.56. The highest BCUT2D eigenvalue weighted by Gasteiger charge is 2.25. The number of anilines is 1. The Morgan fingerprint density at radius 3 is 2.41 bits per heavy atom. The van der Waals surface area contributed by atoms with E-state index in [1.165, 1.54) is 7.11 Å². The molecule has 3 aromatic carbocycles. The normalized spacial score (nSPS) is 11.7. The SMILES string of the molecule is COC(=N)C(c1ccc(Cl)cc1)c1cc(C)c(NC(=O)c2cc(I)cc(I)c2O)cc1Cl. The zero-order valence-electron chi connectivity index (χ0n) is 17.0. The lowest BCUT2D eigenvalue weighted by Gasteiger charge is -2.21. The second-order valence-corrected chi connectivity index (χ2v) is 10.2. The molecule has 0 aliphatic carbocycles. The van der Waals surface area contributed by atoms with E-state index in [-0.39, 0.29) is 17.2 Å². The van der Waals surface area contributed by atoms with E-state index in [2.05, 4.69) is 27.9 Å². The molecular formula is C23H18Cl2I2N2O3. The molecule has 166 valence electrons. The van der Waals surface area contributed by atoms with Crippen LogP contribution in [0.1, 0.15) is 33.0 Å². The Balaban J connectivity index is 1.99. The first-order chi connectivity index (χ1) is 15.1. The van der Waals surface area contributed by atoms with Gasteiger partial charge in [0.1, 0.15) is 5.75 Å². The fourth-order valence-corrected chi connectivity index (χ4v) is 5.48. The maximum atomic E-state index is 12.8. The maximum absolute atomic E-state index is 12.8. The first kappa shape index (κ1) is 25.1. The van der Waals surface area contributed by atoms with Crippen LogP contribution in [0.15, 0.2) is 48.5 Å². The molecule has 9 heteroatoms. The lowest BCUT2D eigenvalue weighted by atomic mass is 9.89. The zero-order valence-corrected chi connectivity index (χ0v) is 22.8. The van der Waals surface area contributed by atoms with Crippen molar-refractivity contribution in [1.82, 2.24) is 0 Å². The van der Waals surface area contributed by atoms with Crippen molar-refractivity contribution in [3.8, 4) is 5.75 Å². The van der Waals surface area contributed by atoms with Gasteiger partial charge in [0.2, 0.25) is 0 Å². The molecule has 0 aliphatic rings. The first-order valence-corrected chi connectivity index (χ1v) is 12.2. The van der Waals surface area contributed by atoms with Gasteiger partial charge in [-0.15, -0.1) is 0 Å². The third kappa shape index (κ3) is 5.49. The highest BCUT2D eigenvalue weighted by Crippen LogP contribution is 2.36. The van der Waals surface area contributed by atoms with Gasteiger partial charge in [0.05, 0.1) is 22.2 Å². The molecule has 1 amide bonds. The summed E-state index contributed by atoms with van der Waals surface area (Å²) in [6.45, 7) is 1.84. The summed E-state index contributed by atoms with van der Waals surface area (Å²) in [6.07, 6.45) is 0. The average molecular weight is 695 g/mol. The fourth-order valence-electron chi connectivity index (χ4n) is 3.23. The van der Waals surface area contributed by atoms with Gasteiger partial charge in [0.15, 0.2) is 5.90 Å². The van der Waals surface area contributed by atoms with Crippen LogP contribution in [0.3, 0.4) is 0 Å². The van der Waals surface area contributed by atoms with Gasteiger partial charge in [0.25, 0.3) is 5.91 Å². The molecule has 0 spiro atoms. The van der Waals surface area contributed by atoms with Crippen LogP contribution < -0.4 is 5.32 Å². The van der Waals surface area contributed by atoms with Crippen LogP contribution in [0.5, 0.6) is 5.75 Å². The summed E-state index contributed by atoms with van der Waals surface area (Å²) >= 11 is 16.7. The predicted molar refractivity (Wildman–Crippen MR) is 146 cm³/mol. The van der Waals surface area contributed by atoms with E-state index in [0.29, 0.717) is 24.9 Å². The first-order valence-electron chi connectivity index (χ1n) is 9.29. The molecule has 32 heavy (non-hydrogen) atoms. The number of methoxy groups -OCH3 is 1. The molecule has 0 aromatic heterocycles. The number of carbonyl (C=O) groups is 1. The van der Waals surface area contributed by atoms with Gasteiger partial charge in [-0.25, -0.2) is 0 Å². The van der Waals surface area contributed by atoms with Crippen LogP contribution in [-0.4, -0.2) is 24.0 Å². The van der Waals surface area contributed by atoms with Crippen molar-refractivity contribution in [3.63, 3.8) is 0 Å². The number of aryl methyl sites for hydroxylation is 1. The zero-order chi connectivity index (χ0) is 23.6. The topological polar surface area (TPSA) is 82.4 Å². The molecule has 3 aromatic rings. The van der Waals surface area contributed by atoms with Gasteiger partial charge >= 0.3 is 0 Å². The quantitative estimate of drug-likeness (QED) is 0.150. The minimum atomic E-state index is -0.533. The molecule has 0 aliphatic heterocycles. The van der Waals surface area contributed by atoms with Crippen molar-refractivity contribution in [3.05, 3.63) is 88.0 Å². The Morgan fingerprint density at radius 1 is 1.12 bits per heavy atom. The van der Waals surface area contributed by atoms with Gasteiger partial charge < -0.3 is 15.2 Å². The molecule has 3 N–H and O–H groups in total. The van der Waals surface area contributed by atoms with E-state index < -0.39 is 11.8 Å². The number of nitrogens with one attached hydrogen (secondary N) is 2. The Bertz CT molecular complexity index is 1200. The highest BCUT2D eigenvalue weighted by molar-refractivity contribution is 14.1. The van der Waals surface area contributed by atoms with E-state index in [1.54, 1.807) is 30.3 Å². The summed E-state index contributed by atoms with van der Waals surface area (Å²) in [5, 5.41) is 22.4. The van der Waals surface area contributed by atoms with E-state index in [0.717, 1.165) is 14.7 Å². The Kier molecular flexibility index (Phi) is 8.29. The average Bonchev–Trinajstić information content (AvgIpc) is 2.75. The van der Waals surface area contributed by atoms with Crippen molar-refractivity contribution in [1.29, 1.82) is 5.41 Å². The molecule has 0 fully saturated rings. The van der Waals surface area contributed by atoms with Gasteiger partial charge in [-0.1, -0.05) is 41.4 Å². The standard InChI is InChI=1S/C23H18Cl2I2N2O3/c1-11-7-15(20(22(28)32-2)12-3-5-13(24)6-4-12)17(25)10-19(11)29-23(31)16-8-14(26)9-18(27)21(16)30/h3-10,20,28,30H,1-2H3,(H,29,31). The van der Waals surface area contributed by atoms with Crippen molar-refractivity contribution >= 4 is 85.9 Å². The summed E-state index contributed by atoms with van der Waals surface area (Å²) in [5.41, 5.74) is 2.91. The Morgan fingerprint density at radius 2 is 1.78 bits per heavy atom. The number of benzene rings is 3. The van der Waals surface area contributed by atoms with Crippen molar-refractivity contribution in [2.45, 2.75) is 12.8 Å². The molecule has 0 radical (unpaired) electrons. The summed E-state index contributed by atoms with van der Waals surface area (Å²) in [6, 6.07) is 14.0. The summed E-state index contributed by atoms with van der Waals surface area (Å²) in [4.78, 5) is 12.8. The number of ether oxygens (including phenoxy) is 1. The van der Waals surface area contributed by atoms with Crippen LogP contribution in [0.4, 0.5) is 5.69 Å². The van der Waals surface area contributed by atoms with Crippen LogP contribution in [-0.2, 0) is 4.74 Å².